The van der Waals surface area contributed by atoms with Gasteiger partial charge in [-0.2, -0.15) is 5.26 Å². The van der Waals surface area contributed by atoms with Crippen molar-refractivity contribution in [2.75, 3.05) is 5.32 Å². The zero-order chi connectivity index (χ0) is 11.5. The highest BCUT2D eigenvalue weighted by Crippen LogP contribution is 2.22. The van der Waals surface area contributed by atoms with Crippen LogP contribution in [-0.2, 0) is 0 Å². The van der Waals surface area contributed by atoms with Crippen LogP contribution < -0.4 is 5.32 Å². The van der Waals surface area contributed by atoms with E-state index in [0.717, 1.165) is 16.4 Å². The quantitative estimate of drug-likeness (QED) is 0.861. The van der Waals surface area contributed by atoms with Crippen molar-refractivity contribution in [2.45, 2.75) is 13.8 Å². The van der Waals surface area contributed by atoms with Gasteiger partial charge in [-0.25, -0.2) is 9.97 Å². The lowest BCUT2D eigenvalue weighted by Gasteiger charge is -2.05. The van der Waals surface area contributed by atoms with Crippen LogP contribution in [0, 0.1) is 25.2 Å². The molecule has 0 atom stereocenters. The van der Waals surface area contributed by atoms with E-state index in [-0.39, 0.29) is 0 Å². The summed E-state index contributed by atoms with van der Waals surface area (Å²) >= 11 is 1.50. The van der Waals surface area contributed by atoms with Crippen LogP contribution in [0.2, 0.25) is 0 Å². The van der Waals surface area contributed by atoms with E-state index >= 15 is 0 Å². The van der Waals surface area contributed by atoms with Gasteiger partial charge in [0, 0.05) is 11.6 Å². The van der Waals surface area contributed by atoms with E-state index in [9.17, 15) is 0 Å². The molecule has 2 aromatic rings. The van der Waals surface area contributed by atoms with Crippen LogP contribution >= 0.6 is 11.3 Å². The molecule has 80 valence electrons. The van der Waals surface area contributed by atoms with E-state index in [1.165, 1.54) is 11.3 Å². The standard InChI is InChI=1S/C11H10N4S/c1-7-3-4-13-10(9(7)5-12)15-11-14-8(2)6-16-11/h3-4,6H,1-2H3,(H,13,14,15). The molecule has 0 spiro atoms. The number of thiazole rings is 1. The Morgan fingerprint density at radius 2 is 2.25 bits per heavy atom. The topological polar surface area (TPSA) is 61.6 Å². The number of nitrogens with zero attached hydrogens (tertiary/aromatic N) is 3. The maximum atomic E-state index is 9.04. The third-order valence-corrected chi connectivity index (χ3v) is 2.99. The molecule has 0 aromatic carbocycles. The fraction of sp³-hybridized carbons (Fsp3) is 0.182. The molecule has 0 radical (unpaired) electrons. The third kappa shape index (κ3) is 2.02. The SMILES string of the molecule is Cc1csc(Nc2nccc(C)c2C#N)n1. The molecule has 1 N–H and O–H groups in total. The van der Waals surface area contributed by atoms with Crippen molar-refractivity contribution in [3.05, 3.63) is 34.5 Å². The van der Waals surface area contributed by atoms with Crippen LogP contribution in [0.15, 0.2) is 17.6 Å². The van der Waals surface area contributed by atoms with Crippen LogP contribution in [0.25, 0.3) is 0 Å². The summed E-state index contributed by atoms with van der Waals surface area (Å²) in [6.07, 6.45) is 1.68. The largest absolute Gasteiger partial charge is 0.315 e. The minimum Gasteiger partial charge on any atom is -0.315 e. The molecule has 0 amide bonds. The summed E-state index contributed by atoms with van der Waals surface area (Å²) in [6, 6.07) is 3.96. The van der Waals surface area contributed by atoms with Crippen LogP contribution in [0.5, 0.6) is 0 Å². The second kappa shape index (κ2) is 4.29. The minimum absolute atomic E-state index is 0.565. The lowest BCUT2D eigenvalue weighted by molar-refractivity contribution is 1.21. The summed E-state index contributed by atoms with van der Waals surface area (Å²) in [7, 11) is 0. The number of aryl methyl sites for hydroxylation is 2. The Morgan fingerprint density at radius 1 is 1.44 bits per heavy atom. The Kier molecular flexibility index (Phi) is 2.84. The van der Waals surface area contributed by atoms with Crippen molar-refractivity contribution in [1.82, 2.24) is 9.97 Å². The Morgan fingerprint density at radius 3 is 2.88 bits per heavy atom. The number of hydrogen-bond donors (Lipinski definition) is 1. The number of hydrogen-bond acceptors (Lipinski definition) is 5. The van der Waals surface area contributed by atoms with Gasteiger partial charge in [0.05, 0.1) is 11.3 Å². The smallest absolute Gasteiger partial charge is 0.188 e. The molecule has 0 aliphatic rings. The van der Waals surface area contributed by atoms with Gasteiger partial charge in [0.1, 0.15) is 11.9 Å². The Labute approximate surface area is 97.6 Å². The highest BCUT2D eigenvalue weighted by atomic mass is 32.1. The van der Waals surface area contributed by atoms with E-state index < -0.39 is 0 Å². The average Bonchev–Trinajstić information content (AvgIpc) is 2.64. The predicted octanol–water partition coefficient (Wildman–Crippen LogP) is 2.77. The van der Waals surface area contributed by atoms with Gasteiger partial charge in [-0.15, -0.1) is 11.3 Å². The molecular weight excluding hydrogens is 220 g/mol. The molecular formula is C11H10N4S. The van der Waals surface area contributed by atoms with Gasteiger partial charge in [0.2, 0.25) is 0 Å². The minimum atomic E-state index is 0.565. The third-order valence-electron chi connectivity index (χ3n) is 2.12. The first-order valence-electron chi connectivity index (χ1n) is 4.75. The fourth-order valence-corrected chi connectivity index (χ4v) is 1.99. The highest BCUT2D eigenvalue weighted by Gasteiger charge is 2.08. The lowest BCUT2D eigenvalue weighted by Crippen LogP contribution is -1.98. The summed E-state index contributed by atoms with van der Waals surface area (Å²) in [5.74, 6) is 0.567. The summed E-state index contributed by atoms with van der Waals surface area (Å²) < 4.78 is 0. The van der Waals surface area contributed by atoms with E-state index in [1.807, 2.05) is 25.3 Å². The molecule has 16 heavy (non-hydrogen) atoms. The second-order valence-corrected chi connectivity index (χ2v) is 4.24. The van der Waals surface area contributed by atoms with Gasteiger partial charge in [-0.3, -0.25) is 0 Å². The molecule has 0 saturated heterocycles. The number of nitrogens with one attached hydrogen (secondary N) is 1. The van der Waals surface area contributed by atoms with E-state index in [2.05, 4.69) is 21.4 Å². The Hall–Kier alpha value is -1.93. The Bertz CT molecular complexity index is 553. The maximum absolute atomic E-state index is 9.04. The number of anilines is 2. The molecule has 0 fully saturated rings. The average molecular weight is 230 g/mol. The fourth-order valence-electron chi connectivity index (χ4n) is 1.31. The molecule has 0 aliphatic heterocycles. The van der Waals surface area contributed by atoms with Crippen molar-refractivity contribution in [2.24, 2.45) is 0 Å². The van der Waals surface area contributed by atoms with E-state index in [0.29, 0.717) is 11.4 Å². The maximum Gasteiger partial charge on any atom is 0.188 e. The van der Waals surface area contributed by atoms with Crippen LogP contribution in [0.4, 0.5) is 10.9 Å². The molecule has 0 bridgehead atoms. The van der Waals surface area contributed by atoms with Crippen LogP contribution in [0.3, 0.4) is 0 Å². The summed E-state index contributed by atoms with van der Waals surface area (Å²) in [4.78, 5) is 8.42. The molecule has 0 saturated carbocycles. The highest BCUT2D eigenvalue weighted by molar-refractivity contribution is 7.13. The molecule has 2 aromatic heterocycles. The molecule has 2 heterocycles. The van der Waals surface area contributed by atoms with Gasteiger partial charge >= 0.3 is 0 Å². The molecule has 5 heteroatoms. The van der Waals surface area contributed by atoms with Crippen molar-refractivity contribution in [3.8, 4) is 6.07 Å². The van der Waals surface area contributed by atoms with Crippen LogP contribution in [0.1, 0.15) is 16.8 Å². The monoisotopic (exact) mass is 230 g/mol. The molecule has 0 aliphatic carbocycles. The first kappa shape index (κ1) is 10.6. The van der Waals surface area contributed by atoms with E-state index in [4.69, 9.17) is 5.26 Å². The number of pyridine rings is 1. The first-order valence-corrected chi connectivity index (χ1v) is 5.63. The molecule has 0 unspecified atom stereocenters. The lowest BCUT2D eigenvalue weighted by atomic mass is 10.1. The van der Waals surface area contributed by atoms with Gasteiger partial charge in [0.15, 0.2) is 5.13 Å². The number of aromatic nitrogens is 2. The number of nitriles is 1. The zero-order valence-corrected chi connectivity index (χ0v) is 9.80. The zero-order valence-electron chi connectivity index (χ0n) is 8.98. The number of rotatable bonds is 2. The van der Waals surface area contributed by atoms with E-state index in [1.54, 1.807) is 6.20 Å². The predicted molar refractivity (Wildman–Crippen MR) is 63.8 cm³/mol. The molecule has 4 nitrogen and oxygen atoms in total. The van der Waals surface area contributed by atoms with Crippen molar-refractivity contribution in [1.29, 1.82) is 5.26 Å². The van der Waals surface area contributed by atoms with Crippen molar-refractivity contribution < 1.29 is 0 Å². The summed E-state index contributed by atoms with van der Waals surface area (Å²) in [6.45, 7) is 3.81. The van der Waals surface area contributed by atoms with Crippen molar-refractivity contribution in [3.63, 3.8) is 0 Å². The van der Waals surface area contributed by atoms with Crippen LogP contribution in [-0.4, -0.2) is 9.97 Å². The summed E-state index contributed by atoms with van der Waals surface area (Å²) in [5, 5.41) is 14.8. The van der Waals surface area contributed by atoms with Gasteiger partial charge < -0.3 is 5.32 Å². The Balaban J connectivity index is 2.35. The normalized spacial score (nSPS) is 9.81. The summed E-state index contributed by atoms with van der Waals surface area (Å²) in [5.41, 5.74) is 2.43. The first-order chi connectivity index (χ1) is 7.70. The van der Waals surface area contributed by atoms with Gasteiger partial charge in [0.25, 0.3) is 0 Å². The van der Waals surface area contributed by atoms with Gasteiger partial charge in [-0.05, 0) is 25.5 Å². The molecule has 2 rings (SSSR count). The second-order valence-electron chi connectivity index (χ2n) is 3.38. The van der Waals surface area contributed by atoms with Crippen molar-refractivity contribution >= 4 is 22.3 Å². The van der Waals surface area contributed by atoms with Gasteiger partial charge in [-0.1, -0.05) is 0 Å².